The largest absolute Gasteiger partial charge is 1.00 e. The first-order chi connectivity index (χ1) is 11.6. The molecule has 0 radical (unpaired) electrons. The van der Waals surface area contributed by atoms with Gasteiger partial charge in [0, 0.05) is 23.6 Å². The molecule has 0 aliphatic carbocycles. The van der Waals surface area contributed by atoms with Gasteiger partial charge in [-0.1, -0.05) is 30.3 Å². The molecule has 0 atom stereocenters. The summed E-state index contributed by atoms with van der Waals surface area (Å²) in [4.78, 5) is 27.6. The first kappa shape index (κ1) is 19.4. The number of carbonyl (C=O) groups is 2. The fourth-order valence-electron chi connectivity index (χ4n) is 2.81. The maximum absolute atomic E-state index is 12.5. The summed E-state index contributed by atoms with van der Waals surface area (Å²) >= 11 is 0. The number of carboxylic acids is 1. The third-order valence-corrected chi connectivity index (χ3v) is 4.00. The average molecular weight is 344 g/mol. The van der Waals surface area contributed by atoms with Gasteiger partial charge in [-0.15, -0.1) is 0 Å². The molecule has 0 aliphatic heterocycles. The van der Waals surface area contributed by atoms with Crippen LogP contribution in [-0.4, -0.2) is 21.3 Å². The number of carbonyl (C=O) groups excluding carboxylic acids is 2. The smallest absolute Gasteiger partial charge is 0.550 e. The molecule has 3 rings (SSSR count). The Hall–Kier alpha value is -1.95. The number of benzene rings is 2. The van der Waals surface area contributed by atoms with Gasteiger partial charge in [-0.25, -0.2) is 4.98 Å². The van der Waals surface area contributed by atoms with Gasteiger partial charge in [-0.05, 0) is 38.0 Å². The summed E-state index contributed by atoms with van der Waals surface area (Å²) in [6.45, 7) is 2.43. The third-order valence-electron chi connectivity index (χ3n) is 4.00. The van der Waals surface area contributed by atoms with Crippen molar-refractivity contribution >= 4 is 22.8 Å². The number of ketones is 1. The van der Waals surface area contributed by atoms with Crippen LogP contribution in [0.5, 0.6) is 0 Å². The second-order valence-electron chi connectivity index (χ2n) is 5.68. The van der Waals surface area contributed by atoms with Crippen molar-refractivity contribution in [1.29, 1.82) is 0 Å². The van der Waals surface area contributed by atoms with E-state index in [1.807, 2.05) is 35.8 Å². The number of aromatic nitrogens is 2. The van der Waals surface area contributed by atoms with E-state index in [1.54, 1.807) is 24.3 Å². The van der Waals surface area contributed by atoms with Gasteiger partial charge in [0.1, 0.15) is 5.82 Å². The third kappa shape index (κ3) is 4.37. The Morgan fingerprint density at radius 1 is 1.08 bits per heavy atom. The maximum atomic E-state index is 12.5. The molecule has 2 aromatic carbocycles. The molecule has 1 aromatic heterocycles. The van der Waals surface area contributed by atoms with E-state index in [2.05, 4.69) is 4.98 Å². The summed E-state index contributed by atoms with van der Waals surface area (Å²) in [5, 5.41) is 10.6. The van der Waals surface area contributed by atoms with Crippen LogP contribution in [-0.2, 0) is 11.3 Å². The van der Waals surface area contributed by atoms with Gasteiger partial charge in [0.25, 0.3) is 0 Å². The van der Waals surface area contributed by atoms with E-state index in [0.717, 1.165) is 16.9 Å². The molecule has 5 nitrogen and oxygen atoms in total. The van der Waals surface area contributed by atoms with Gasteiger partial charge in [-0.3, -0.25) is 4.79 Å². The first-order valence-electron chi connectivity index (χ1n) is 7.83. The zero-order chi connectivity index (χ0) is 17.1. The predicted molar refractivity (Wildman–Crippen MR) is 88.6 cm³/mol. The van der Waals surface area contributed by atoms with E-state index < -0.39 is 5.97 Å². The van der Waals surface area contributed by atoms with Crippen molar-refractivity contribution < 1.29 is 44.3 Å². The van der Waals surface area contributed by atoms with Crippen molar-refractivity contribution in [1.82, 2.24) is 9.55 Å². The molecule has 0 spiro atoms. The Kier molecular flexibility index (Phi) is 6.53. The number of rotatable bonds is 6. The number of aryl methyl sites for hydroxylation is 2. The van der Waals surface area contributed by atoms with Gasteiger partial charge >= 0.3 is 29.6 Å². The van der Waals surface area contributed by atoms with E-state index in [-0.39, 0.29) is 41.8 Å². The normalized spacial score (nSPS) is 10.4. The molecular weight excluding hydrogens is 327 g/mol. The van der Waals surface area contributed by atoms with E-state index in [1.165, 1.54) is 0 Å². The van der Waals surface area contributed by atoms with Crippen LogP contribution < -0.4 is 34.7 Å². The molecule has 25 heavy (non-hydrogen) atoms. The van der Waals surface area contributed by atoms with Crippen LogP contribution in [0.3, 0.4) is 0 Å². The fourth-order valence-corrected chi connectivity index (χ4v) is 2.81. The molecule has 0 N–H and O–H groups in total. The summed E-state index contributed by atoms with van der Waals surface area (Å²) in [6.07, 6.45) is 0.503. The van der Waals surface area contributed by atoms with Crippen molar-refractivity contribution in [3.8, 4) is 0 Å². The average Bonchev–Trinajstić information content (AvgIpc) is 2.89. The summed E-state index contributed by atoms with van der Waals surface area (Å²) in [5.41, 5.74) is 2.87. The molecule has 0 saturated carbocycles. The van der Waals surface area contributed by atoms with E-state index in [9.17, 15) is 14.7 Å². The number of hydrogen-bond donors (Lipinski definition) is 0. The molecule has 3 aromatic rings. The minimum absolute atomic E-state index is 0. The van der Waals surface area contributed by atoms with Gasteiger partial charge in [0.05, 0.1) is 11.0 Å². The Labute approximate surface area is 168 Å². The van der Waals surface area contributed by atoms with Crippen LogP contribution in [0.1, 0.15) is 34.6 Å². The molecule has 0 bridgehead atoms. The van der Waals surface area contributed by atoms with Crippen molar-refractivity contribution in [2.75, 3.05) is 0 Å². The topological polar surface area (TPSA) is 75.0 Å². The maximum Gasteiger partial charge on any atom is 1.00 e. The van der Waals surface area contributed by atoms with Crippen molar-refractivity contribution in [3.63, 3.8) is 0 Å². The standard InChI is InChI=1S/C19H18N2O3.Na/c1-13-20-16-12-15(19(24)14-6-3-2-4-7-14)9-10-17(16)21(13)11-5-8-18(22)23;/h2-4,6-7,9-10,12H,5,8,11H2,1H3,(H,22,23);/q;+1/p-1. The Balaban J connectivity index is 0.00000225. The van der Waals surface area contributed by atoms with Gasteiger partial charge in [0.15, 0.2) is 5.78 Å². The van der Waals surface area contributed by atoms with Crippen LogP contribution in [0.15, 0.2) is 48.5 Å². The SMILES string of the molecule is Cc1nc2cc(C(=O)c3ccccc3)ccc2n1CCCC(=O)[O-].[Na+]. The molecule has 122 valence electrons. The minimum atomic E-state index is -1.05. The van der Waals surface area contributed by atoms with E-state index >= 15 is 0 Å². The van der Waals surface area contributed by atoms with Gasteiger partial charge in [-0.2, -0.15) is 0 Å². The Morgan fingerprint density at radius 3 is 2.48 bits per heavy atom. The first-order valence-corrected chi connectivity index (χ1v) is 7.83. The molecule has 0 unspecified atom stereocenters. The fraction of sp³-hybridized carbons (Fsp3) is 0.211. The van der Waals surface area contributed by atoms with Crippen LogP contribution in [0.2, 0.25) is 0 Å². The second-order valence-corrected chi connectivity index (χ2v) is 5.68. The molecule has 0 aliphatic rings. The second kappa shape index (κ2) is 8.43. The number of hydrogen-bond acceptors (Lipinski definition) is 4. The van der Waals surface area contributed by atoms with Crippen LogP contribution >= 0.6 is 0 Å². The van der Waals surface area contributed by atoms with Gasteiger partial charge < -0.3 is 14.5 Å². The monoisotopic (exact) mass is 344 g/mol. The van der Waals surface area contributed by atoms with Crippen LogP contribution in [0.25, 0.3) is 11.0 Å². The Morgan fingerprint density at radius 2 is 1.80 bits per heavy atom. The minimum Gasteiger partial charge on any atom is -0.550 e. The molecule has 1 heterocycles. The zero-order valence-corrected chi connectivity index (χ0v) is 16.4. The number of fused-ring (bicyclic) bond motifs is 1. The molecular formula is C19H17N2NaO3. The number of carboxylic acid groups (broad SMARTS) is 1. The number of nitrogens with zero attached hydrogens (tertiary/aromatic N) is 2. The summed E-state index contributed by atoms with van der Waals surface area (Å²) in [5.74, 6) is -0.290. The summed E-state index contributed by atoms with van der Waals surface area (Å²) < 4.78 is 1.97. The number of aliphatic carboxylic acids is 1. The van der Waals surface area contributed by atoms with Crippen molar-refractivity contribution in [3.05, 3.63) is 65.5 Å². The van der Waals surface area contributed by atoms with E-state index in [0.29, 0.717) is 24.1 Å². The number of imidazole rings is 1. The van der Waals surface area contributed by atoms with Crippen molar-refractivity contribution in [2.24, 2.45) is 0 Å². The van der Waals surface area contributed by atoms with Crippen LogP contribution in [0.4, 0.5) is 0 Å². The van der Waals surface area contributed by atoms with Gasteiger partial charge in [0.2, 0.25) is 0 Å². The summed E-state index contributed by atoms with van der Waals surface area (Å²) in [7, 11) is 0. The van der Waals surface area contributed by atoms with E-state index in [4.69, 9.17) is 0 Å². The Bertz CT molecular complexity index is 904. The molecule has 0 amide bonds. The predicted octanol–water partition coefficient (Wildman–Crippen LogP) is -0.890. The molecule has 0 fully saturated rings. The quantitative estimate of drug-likeness (QED) is 0.429. The molecule has 0 saturated heterocycles. The molecule has 6 heteroatoms. The zero-order valence-electron chi connectivity index (χ0n) is 14.4. The van der Waals surface area contributed by atoms with Crippen molar-refractivity contribution in [2.45, 2.75) is 26.3 Å². The summed E-state index contributed by atoms with van der Waals surface area (Å²) in [6, 6.07) is 14.6. The van der Waals surface area contributed by atoms with Crippen LogP contribution in [0, 0.1) is 6.92 Å².